The van der Waals surface area contributed by atoms with E-state index in [2.05, 4.69) is 41.5 Å². The van der Waals surface area contributed by atoms with Crippen LogP contribution in [0.1, 0.15) is 73.6 Å². The van der Waals surface area contributed by atoms with Gasteiger partial charge in [-0.1, -0.05) is 41.5 Å². The second kappa shape index (κ2) is 3.66. The lowest BCUT2D eigenvalue weighted by atomic mass is 9.33. The number of fused-ring (bicyclic) bond motifs is 5. The fraction of sp³-hybridized carbons (Fsp3) is 1.00. The Morgan fingerprint density at radius 2 is 1.40 bits per heavy atom. The third-order valence-electron chi connectivity index (χ3n) is 9.50. The summed E-state index contributed by atoms with van der Waals surface area (Å²) in [5.74, 6) is 6.10. The molecule has 0 saturated heterocycles. The average Bonchev–Trinajstić information content (AvgIpc) is 2.37. The maximum atomic E-state index is 2.69. The minimum Gasteiger partial charge on any atom is -0.0619 e. The van der Waals surface area contributed by atoms with E-state index >= 15 is 0 Å². The van der Waals surface area contributed by atoms with Gasteiger partial charge in [-0.15, -0.1) is 0 Å². The molecule has 0 aromatic heterocycles. The van der Waals surface area contributed by atoms with Crippen molar-refractivity contribution in [2.75, 3.05) is 0 Å². The first-order valence-corrected chi connectivity index (χ1v) is 9.19. The summed E-state index contributed by atoms with van der Waals surface area (Å²) in [7, 11) is 0. The molecule has 0 spiro atoms. The highest BCUT2D eigenvalue weighted by atomic mass is 14.7. The van der Waals surface area contributed by atoms with Gasteiger partial charge in [0, 0.05) is 0 Å². The molecule has 0 aliphatic heterocycles. The molecule has 0 amide bonds. The van der Waals surface area contributed by atoms with Crippen LogP contribution in [0.2, 0.25) is 0 Å². The van der Waals surface area contributed by atoms with Gasteiger partial charge in [-0.25, -0.2) is 0 Å². The zero-order chi connectivity index (χ0) is 14.5. The number of hydrogen-bond donors (Lipinski definition) is 0. The van der Waals surface area contributed by atoms with Gasteiger partial charge in [0.15, 0.2) is 0 Å². The molecule has 6 aliphatic carbocycles. The molecule has 20 heavy (non-hydrogen) atoms. The minimum atomic E-state index is 0.643. The zero-order valence-electron chi connectivity index (χ0n) is 14.5. The molecule has 7 atom stereocenters. The molecule has 6 rings (SSSR count). The smallest absolute Gasteiger partial charge is 0.0261 e. The van der Waals surface area contributed by atoms with Crippen molar-refractivity contribution in [2.45, 2.75) is 73.6 Å². The van der Waals surface area contributed by atoms with Gasteiger partial charge in [-0.2, -0.15) is 0 Å². The molecule has 0 aromatic carbocycles. The van der Waals surface area contributed by atoms with Crippen molar-refractivity contribution in [2.24, 2.45) is 51.8 Å². The molecule has 0 N–H and O–H groups in total. The van der Waals surface area contributed by atoms with Crippen LogP contribution in [-0.2, 0) is 0 Å². The summed E-state index contributed by atoms with van der Waals surface area (Å²) in [4.78, 5) is 0. The van der Waals surface area contributed by atoms with E-state index in [0.29, 0.717) is 16.2 Å². The molecule has 6 fully saturated rings. The minimum absolute atomic E-state index is 0.643. The second-order valence-corrected chi connectivity index (χ2v) is 10.4. The molecule has 0 heterocycles. The summed E-state index contributed by atoms with van der Waals surface area (Å²) < 4.78 is 0. The Morgan fingerprint density at radius 3 is 1.90 bits per heavy atom. The lowest BCUT2D eigenvalue weighted by Gasteiger charge is -2.71. The molecule has 0 heteroatoms. The Labute approximate surface area is 126 Å². The Bertz CT molecular complexity index is 429. The summed E-state index contributed by atoms with van der Waals surface area (Å²) in [6, 6.07) is 0. The molecule has 0 radical (unpaired) electrons. The van der Waals surface area contributed by atoms with E-state index in [-0.39, 0.29) is 0 Å². The summed E-state index contributed by atoms with van der Waals surface area (Å²) in [5, 5.41) is 0. The van der Waals surface area contributed by atoms with Gasteiger partial charge in [-0.05, 0) is 83.9 Å². The quantitative estimate of drug-likeness (QED) is 0.569. The Kier molecular flexibility index (Phi) is 2.50. The third-order valence-corrected chi connectivity index (χ3v) is 9.50. The Morgan fingerprint density at radius 1 is 0.750 bits per heavy atom. The third kappa shape index (κ3) is 1.35. The molecular formula is C20H34. The van der Waals surface area contributed by atoms with Crippen molar-refractivity contribution in [1.29, 1.82) is 0 Å². The molecule has 0 aromatic rings. The van der Waals surface area contributed by atoms with E-state index in [0.717, 1.165) is 35.5 Å². The molecule has 7 unspecified atom stereocenters. The van der Waals surface area contributed by atoms with Crippen molar-refractivity contribution >= 4 is 0 Å². The largest absolute Gasteiger partial charge is 0.0619 e. The highest BCUT2D eigenvalue weighted by molar-refractivity contribution is 5.14. The van der Waals surface area contributed by atoms with Crippen LogP contribution in [0.5, 0.6) is 0 Å². The van der Waals surface area contributed by atoms with Crippen LogP contribution in [0.15, 0.2) is 0 Å². The van der Waals surface area contributed by atoms with Crippen LogP contribution in [-0.4, -0.2) is 0 Å². The van der Waals surface area contributed by atoms with E-state index in [4.69, 9.17) is 0 Å². The first-order chi connectivity index (χ1) is 9.19. The van der Waals surface area contributed by atoms with Crippen molar-refractivity contribution in [3.05, 3.63) is 0 Å². The van der Waals surface area contributed by atoms with Gasteiger partial charge in [0.1, 0.15) is 0 Å². The monoisotopic (exact) mass is 274 g/mol. The van der Waals surface area contributed by atoms with Gasteiger partial charge in [0.2, 0.25) is 0 Å². The summed E-state index contributed by atoms with van der Waals surface area (Å²) in [6.45, 7) is 15.5. The predicted octanol–water partition coefficient (Wildman–Crippen LogP) is 5.77. The first kappa shape index (κ1) is 13.6. The SMILES string of the molecule is CC1C2CC(CC1C1(C)CCC3CC1C3(C)C)C2(C)C. The number of rotatable bonds is 1. The lowest BCUT2D eigenvalue weighted by molar-refractivity contribution is -0.225. The fourth-order valence-corrected chi connectivity index (χ4v) is 7.75. The molecule has 114 valence electrons. The van der Waals surface area contributed by atoms with Gasteiger partial charge in [-0.3, -0.25) is 0 Å². The normalized spacial score (nSPS) is 58.5. The molecule has 6 aliphatic rings. The van der Waals surface area contributed by atoms with E-state index in [9.17, 15) is 0 Å². The van der Waals surface area contributed by atoms with E-state index < -0.39 is 0 Å². The maximum absolute atomic E-state index is 2.69. The standard InChI is InChI=1S/C20H34/c1-12-15-9-14(18(15,2)3)10-16(12)20(6)8-7-13-11-17(20)19(13,4)5/h12-17H,7-11H2,1-6H3. The van der Waals surface area contributed by atoms with Crippen LogP contribution in [0.3, 0.4) is 0 Å². The van der Waals surface area contributed by atoms with Gasteiger partial charge in [0.25, 0.3) is 0 Å². The Hall–Kier alpha value is 0. The maximum Gasteiger partial charge on any atom is -0.0261 e. The average molecular weight is 274 g/mol. The van der Waals surface area contributed by atoms with Gasteiger partial charge >= 0.3 is 0 Å². The van der Waals surface area contributed by atoms with E-state index in [1.165, 1.54) is 19.3 Å². The zero-order valence-corrected chi connectivity index (χ0v) is 14.5. The predicted molar refractivity (Wildman–Crippen MR) is 85.4 cm³/mol. The van der Waals surface area contributed by atoms with Crippen molar-refractivity contribution < 1.29 is 0 Å². The molecular weight excluding hydrogens is 240 g/mol. The lowest BCUT2D eigenvalue weighted by Crippen LogP contribution is -2.64. The van der Waals surface area contributed by atoms with Crippen molar-refractivity contribution in [3.8, 4) is 0 Å². The highest BCUT2D eigenvalue weighted by Gasteiger charge is 2.66. The fourth-order valence-electron chi connectivity index (χ4n) is 7.75. The highest BCUT2D eigenvalue weighted by Crippen LogP contribution is 2.73. The van der Waals surface area contributed by atoms with Gasteiger partial charge < -0.3 is 0 Å². The molecule has 4 bridgehead atoms. The van der Waals surface area contributed by atoms with Crippen LogP contribution in [0.4, 0.5) is 0 Å². The van der Waals surface area contributed by atoms with Crippen LogP contribution >= 0.6 is 0 Å². The van der Waals surface area contributed by atoms with E-state index in [1.807, 2.05) is 0 Å². The van der Waals surface area contributed by atoms with Crippen molar-refractivity contribution in [3.63, 3.8) is 0 Å². The number of hydrogen-bond acceptors (Lipinski definition) is 0. The Balaban J connectivity index is 1.62. The molecule has 6 saturated carbocycles. The summed E-state index contributed by atoms with van der Waals surface area (Å²) in [5.41, 5.74) is 1.95. The second-order valence-electron chi connectivity index (χ2n) is 10.4. The summed E-state index contributed by atoms with van der Waals surface area (Å²) >= 11 is 0. The first-order valence-electron chi connectivity index (χ1n) is 9.19. The van der Waals surface area contributed by atoms with Gasteiger partial charge in [0.05, 0.1) is 0 Å². The van der Waals surface area contributed by atoms with Crippen LogP contribution in [0.25, 0.3) is 0 Å². The van der Waals surface area contributed by atoms with Crippen LogP contribution < -0.4 is 0 Å². The van der Waals surface area contributed by atoms with Crippen LogP contribution in [0, 0.1) is 51.8 Å². The summed E-state index contributed by atoms with van der Waals surface area (Å²) in [6.07, 6.45) is 7.67. The topological polar surface area (TPSA) is 0 Å². The molecule has 0 nitrogen and oxygen atoms in total. The van der Waals surface area contributed by atoms with Crippen molar-refractivity contribution in [1.82, 2.24) is 0 Å². The van der Waals surface area contributed by atoms with E-state index in [1.54, 1.807) is 12.8 Å².